The second-order valence-corrected chi connectivity index (χ2v) is 5.43. The van der Waals surface area contributed by atoms with Crippen molar-refractivity contribution in [2.75, 3.05) is 13.1 Å². The third-order valence-electron chi connectivity index (χ3n) is 3.31. The smallest absolute Gasteiger partial charge is 0.277 e. The minimum absolute atomic E-state index is 0. The third kappa shape index (κ3) is 4.66. The summed E-state index contributed by atoms with van der Waals surface area (Å²) in [5.74, 6) is -3.74. The van der Waals surface area contributed by atoms with Crippen LogP contribution in [0.4, 0.5) is 8.78 Å². The van der Waals surface area contributed by atoms with Crippen molar-refractivity contribution >= 4 is 29.9 Å². The van der Waals surface area contributed by atoms with Crippen LogP contribution in [0.15, 0.2) is 30.5 Å². The van der Waals surface area contributed by atoms with Gasteiger partial charge in [0.1, 0.15) is 0 Å². The van der Waals surface area contributed by atoms with Crippen molar-refractivity contribution < 1.29 is 13.6 Å². The average Bonchev–Trinajstić information content (AvgIpc) is 2.96. The molecule has 0 spiro atoms. The first kappa shape index (κ1) is 20.3. The molecular formula is C15H18Cl2F2N4O. The predicted octanol–water partition coefficient (Wildman–Crippen LogP) is 2.83. The summed E-state index contributed by atoms with van der Waals surface area (Å²) >= 11 is 5.96. The maximum Gasteiger partial charge on any atom is 0.277 e. The van der Waals surface area contributed by atoms with E-state index in [0.717, 1.165) is 0 Å². The number of aromatic nitrogens is 2. The Hall–Kier alpha value is -1.70. The largest absolute Gasteiger partial charge is 0.346 e. The van der Waals surface area contributed by atoms with E-state index in [4.69, 9.17) is 17.3 Å². The van der Waals surface area contributed by atoms with Crippen LogP contribution in [-0.4, -0.2) is 34.7 Å². The number of amides is 1. The van der Waals surface area contributed by atoms with Gasteiger partial charge in [0, 0.05) is 5.02 Å². The first-order valence-corrected chi connectivity index (χ1v) is 7.44. The van der Waals surface area contributed by atoms with Crippen LogP contribution in [0.3, 0.4) is 0 Å². The van der Waals surface area contributed by atoms with E-state index in [2.05, 4.69) is 10.4 Å². The van der Waals surface area contributed by atoms with Crippen LogP contribution >= 0.6 is 24.0 Å². The van der Waals surface area contributed by atoms with Crippen molar-refractivity contribution in [1.29, 1.82) is 0 Å². The highest BCUT2D eigenvalue weighted by Gasteiger charge is 2.28. The monoisotopic (exact) mass is 378 g/mol. The van der Waals surface area contributed by atoms with Gasteiger partial charge in [-0.2, -0.15) is 5.10 Å². The fourth-order valence-corrected chi connectivity index (χ4v) is 2.30. The standard InChI is InChI=1S/C15H17ClF2N4O.ClH/c1-2-13-12(14(23)20-9-15(17,18)8-19)7-21-22(13)11-5-3-4-10(16)6-11;/h3-7H,2,8-9,19H2,1H3,(H,20,23);1H. The fraction of sp³-hybridized carbons (Fsp3) is 0.333. The summed E-state index contributed by atoms with van der Waals surface area (Å²) in [6.45, 7) is 0.215. The molecule has 0 radical (unpaired) electrons. The summed E-state index contributed by atoms with van der Waals surface area (Å²) in [4.78, 5) is 12.1. The molecule has 2 aromatic rings. The van der Waals surface area contributed by atoms with Crippen molar-refractivity contribution in [3.05, 3.63) is 46.7 Å². The molecule has 0 bridgehead atoms. The zero-order chi connectivity index (χ0) is 17.0. The second-order valence-electron chi connectivity index (χ2n) is 4.99. The van der Waals surface area contributed by atoms with E-state index < -0.39 is 24.9 Å². The van der Waals surface area contributed by atoms with Crippen LogP contribution in [0.5, 0.6) is 0 Å². The molecule has 0 aliphatic rings. The van der Waals surface area contributed by atoms with Gasteiger partial charge in [0.15, 0.2) is 0 Å². The molecule has 0 saturated heterocycles. The van der Waals surface area contributed by atoms with Crippen molar-refractivity contribution in [3.63, 3.8) is 0 Å². The van der Waals surface area contributed by atoms with Crippen LogP contribution in [0, 0.1) is 0 Å². The molecule has 1 aromatic heterocycles. The van der Waals surface area contributed by atoms with Gasteiger partial charge in [-0.3, -0.25) is 4.79 Å². The highest BCUT2D eigenvalue weighted by atomic mass is 35.5. The molecule has 9 heteroatoms. The van der Waals surface area contributed by atoms with E-state index in [0.29, 0.717) is 22.8 Å². The Bertz CT molecular complexity index is 707. The van der Waals surface area contributed by atoms with E-state index in [1.54, 1.807) is 28.9 Å². The van der Waals surface area contributed by atoms with Crippen LogP contribution in [0.25, 0.3) is 5.69 Å². The average molecular weight is 379 g/mol. The summed E-state index contributed by atoms with van der Waals surface area (Å²) in [7, 11) is 0. The molecule has 0 atom stereocenters. The number of nitrogens with one attached hydrogen (secondary N) is 1. The lowest BCUT2D eigenvalue weighted by Gasteiger charge is -2.14. The predicted molar refractivity (Wildman–Crippen MR) is 91.5 cm³/mol. The molecule has 0 aliphatic heterocycles. The van der Waals surface area contributed by atoms with Crippen LogP contribution < -0.4 is 11.1 Å². The summed E-state index contributed by atoms with van der Waals surface area (Å²) in [5, 5.41) is 6.90. The van der Waals surface area contributed by atoms with E-state index >= 15 is 0 Å². The number of benzene rings is 1. The fourth-order valence-electron chi connectivity index (χ4n) is 2.11. The Morgan fingerprint density at radius 2 is 2.17 bits per heavy atom. The Kier molecular flexibility index (Phi) is 7.13. The minimum atomic E-state index is -3.13. The van der Waals surface area contributed by atoms with Gasteiger partial charge in [0.25, 0.3) is 11.8 Å². The lowest BCUT2D eigenvalue weighted by molar-refractivity contribution is 0.0118. The van der Waals surface area contributed by atoms with Crippen LogP contribution in [0.1, 0.15) is 23.0 Å². The SMILES string of the molecule is CCc1c(C(=O)NCC(F)(F)CN)cnn1-c1cccc(Cl)c1.Cl. The van der Waals surface area contributed by atoms with E-state index in [9.17, 15) is 13.6 Å². The number of halogens is 4. The topological polar surface area (TPSA) is 72.9 Å². The number of carbonyl (C=O) groups is 1. The zero-order valence-electron chi connectivity index (χ0n) is 12.9. The van der Waals surface area contributed by atoms with Gasteiger partial charge >= 0.3 is 0 Å². The Morgan fingerprint density at radius 3 is 2.75 bits per heavy atom. The number of hydrogen-bond acceptors (Lipinski definition) is 3. The molecule has 1 aromatic carbocycles. The minimum Gasteiger partial charge on any atom is -0.346 e. The number of hydrogen-bond donors (Lipinski definition) is 2. The lowest BCUT2D eigenvalue weighted by Crippen LogP contribution is -2.41. The first-order chi connectivity index (χ1) is 10.9. The maximum absolute atomic E-state index is 13.2. The van der Waals surface area contributed by atoms with Crippen molar-refractivity contribution in [2.45, 2.75) is 19.3 Å². The summed E-state index contributed by atoms with van der Waals surface area (Å²) in [6.07, 6.45) is 1.86. The van der Waals surface area contributed by atoms with E-state index in [-0.39, 0.29) is 18.0 Å². The number of alkyl halides is 2. The summed E-state index contributed by atoms with van der Waals surface area (Å²) < 4.78 is 27.9. The van der Waals surface area contributed by atoms with E-state index in [1.165, 1.54) is 6.20 Å². The Morgan fingerprint density at radius 1 is 1.46 bits per heavy atom. The number of nitrogens with two attached hydrogens (primary N) is 1. The molecule has 132 valence electrons. The highest BCUT2D eigenvalue weighted by molar-refractivity contribution is 6.30. The molecule has 1 heterocycles. The molecule has 2 rings (SSSR count). The maximum atomic E-state index is 13.2. The molecule has 0 saturated carbocycles. The quantitative estimate of drug-likeness (QED) is 0.811. The second kappa shape index (κ2) is 8.41. The molecule has 1 amide bonds. The van der Waals surface area contributed by atoms with Crippen LogP contribution in [0.2, 0.25) is 5.02 Å². The van der Waals surface area contributed by atoms with Crippen molar-refractivity contribution in [2.24, 2.45) is 5.73 Å². The lowest BCUT2D eigenvalue weighted by atomic mass is 10.2. The van der Waals surface area contributed by atoms with Crippen molar-refractivity contribution in [3.8, 4) is 5.69 Å². The van der Waals surface area contributed by atoms with Gasteiger partial charge < -0.3 is 11.1 Å². The normalized spacial score (nSPS) is 11.0. The van der Waals surface area contributed by atoms with Gasteiger partial charge in [-0.05, 0) is 24.6 Å². The van der Waals surface area contributed by atoms with Gasteiger partial charge in [0.2, 0.25) is 0 Å². The van der Waals surface area contributed by atoms with Gasteiger partial charge in [-0.1, -0.05) is 24.6 Å². The first-order valence-electron chi connectivity index (χ1n) is 7.07. The Labute approximate surface area is 149 Å². The van der Waals surface area contributed by atoms with Gasteiger partial charge in [0.05, 0.1) is 36.2 Å². The van der Waals surface area contributed by atoms with Crippen LogP contribution in [-0.2, 0) is 6.42 Å². The number of carbonyl (C=O) groups excluding carboxylic acids is 1. The summed E-state index contributed by atoms with van der Waals surface area (Å²) in [5.41, 5.74) is 6.51. The van der Waals surface area contributed by atoms with Crippen molar-refractivity contribution in [1.82, 2.24) is 15.1 Å². The molecule has 5 nitrogen and oxygen atoms in total. The molecule has 0 fully saturated rings. The van der Waals surface area contributed by atoms with Gasteiger partial charge in [-0.15, -0.1) is 12.4 Å². The molecule has 0 unspecified atom stereocenters. The molecular weight excluding hydrogens is 361 g/mol. The third-order valence-corrected chi connectivity index (χ3v) is 3.54. The molecule has 3 N–H and O–H groups in total. The zero-order valence-corrected chi connectivity index (χ0v) is 14.5. The Balaban J connectivity index is 0.00000288. The number of rotatable bonds is 6. The molecule has 0 aliphatic carbocycles. The van der Waals surface area contributed by atoms with E-state index in [1.807, 2.05) is 6.92 Å². The highest BCUT2D eigenvalue weighted by Crippen LogP contribution is 2.19. The summed E-state index contributed by atoms with van der Waals surface area (Å²) in [6, 6.07) is 6.99. The molecule has 24 heavy (non-hydrogen) atoms. The number of nitrogens with zero attached hydrogens (tertiary/aromatic N) is 2. The van der Waals surface area contributed by atoms with Gasteiger partial charge in [-0.25, -0.2) is 13.5 Å².